The molecule has 1 atom stereocenters. The predicted molar refractivity (Wildman–Crippen MR) is 116 cm³/mol. The zero-order chi connectivity index (χ0) is 23.1. The maximum atomic E-state index is 12.3. The summed E-state index contributed by atoms with van der Waals surface area (Å²) in [5.74, 6) is -2.23. The molecule has 3 rings (SSSR count). The van der Waals surface area contributed by atoms with Crippen molar-refractivity contribution in [1.82, 2.24) is 10.9 Å². The molecule has 0 saturated carbocycles. The number of ether oxygens (including phenoxy) is 2. The zero-order valence-electron chi connectivity index (χ0n) is 17.3. The Labute approximate surface area is 189 Å². The van der Waals surface area contributed by atoms with Gasteiger partial charge in [-0.3, -0.25) is 30.0 Å². The largest absolute Gasteiger partial charge is 0.494 e. The van der Waals surface area contributed by atoms with Gasteiger partial charge in [-0.1, -0.05) is 23.7 Å². The van der Waals surface area contributed by atoms with E-state index >= 15 is 0 Å². The first-order chi connectivity index (χ1) is 15.4. The van der Waals surface area contributed by atoms with Gasteiger partial charge < -0.3 is 14.4 Å². The summed E-state index contributed by atoms with van der Waals surface area (Å²) in [6.07, 6.45) is -0.0170. The number of halogens is 1. The number of hydrogen-bond donors (Lipinski definition) is 2. The van der Waals surface area contributed by atoms with Crippen LogP contribution in [0, 0.1) is 5.92 Å². The number of carbonyl (C=O) groups is 4. The number of amides is 3. The molecular formula is C22H22ClN3O6. The van der Waals surface area contributed by atoms with Crippen molar-refractivity contribution in [3.8, 4) is 5.75 Å². The van der Waals surface area contributed by atoms with Gasteiger partial charge in [0.1, 0.15) is 5.75 Å². The summed E-state index contributed by atoms with van der Waals surface area (Å²) in [6, 6.07) is 13.3. The summed E-state index contributed by atoms with van der Waals surface area (Å²) in [6.45, 7) is 1.96. The molecule has 2 aromatic rings. The molecule has 9 nitrogen and oxygen atoms in total. The highest BCUT2D eigenvalue weighted by Gasteiger charge is 2.36. The van der Waals surface area contributed by atoms with Crippen LogP contribution in [0.25, 0.3) is 0 Å². The number of hydrogen-bond acceptors (Lipinski definition) is 6. The Bertz CT molecular complexity index is 1010. The van der Waals surface area contributed by atoms with Crippen molar-refractivity contribution in [3.05, 3.63) is 59.1 Å². The maximum absolute atomic E-state index is 12.3. The predicted octanol–water partition coefficient (Wildman–Crippen LogP) is 2.10. The maximum Gasteiger partial charge on any atom is 0.311 e. The van der Waals surface area contributed by atoms with Crippen molar-refractivity contribution in [1.29, 1.82) is 0 Å². The molecule has 0 radical (unpaired) electrons. The fourth-order valence-corrected chi connectivity index (χ4v) is 3.36. The van der Waals surface area contributed by atoms with Crippen LogP contribution in [0.1, 0.15) is 23.7 Å². The fraction of sp³-hybridized carbons (Fsp3) is 0.273. The second-order valence-corrected chi connectivity index (χ2v) is 7.33. The molecule has 1 fully saturated rings. The van der Waals surface area contributed by atoms with E-state index in [1.165, 1.54) is 11.0 Å². The Hall–Kier alpha value is -3.59. The molecule has 3 amide bonds. The molecule has 0 bridgehead atoms. The topological polar surface area (TPSA) is 114 Å². The molecule has 1 unspecified atom stereocenters. The Balaban J connectivity index is 1.45. The lowest BCUT2D eigenvalue weighted by atomic mass is 10.1. The van der Waals surface area contributed by atoms with Gasteiger partial charge >= 0.3 is 5.97 Å². The smallest absolute Gasteiger partial charge is 0.311 e. The van der Waals surface area contributed by atoms with Gasteiger partial charge in [0.05, 0.1) is 23.1 Å². The molecule has 1 aliphatic heterocycles. The van der Waals surface area contributed by atoms with Crippen molar-refractivity contribution in [3.63, 3.8) is 0 Å². The van der Waals surface area contributed by atoms with E-state index in [0.717, 1.165) is 0 Å². The number of carbonyl (C=O) groups excluding carboxylic acids is 4. The van der Waals surface area contributed by atoms with E-state index in [4.69, 9.17) is 21.1 Å². The molecule has 2 N–H and O–H groups in total. The minimum Gasteiger partial charge on any atom is -0.494 e. The van der Waals surface area contributed by atoms with Crippen LogP contribution in [0.3, 0.4) is 0 Å². The number of nitrogens with one attached hydrogen (secondary N) is 2. The quantitative estimate of drug-likeness (QED) is 0.484. The average Bonchev–Trinajstić information content (AvgIpc) is 3.18. The highest BCUT2D eigenvalue weighted by Crippen LogP contribution is 2.27. The number of nitrogens with zero attached hydrogens (tertiary/aromatic N) is 1. The summed E-state index contributed by atoms with van der Waals surface area (Å²) >= 11 is 5.92. The van der Waals surface area contributed by atoms with E-state index < -0.39 is 30.3 Å². The van der Waals surface area contributed by atoms with Crippen LogP contribution in [0.2, 0.25) is 5.02 Å². The average molecular weight is 460 g/mol. The Kier molecular flexibility index (Phi) is 7.67. The van der Waals surface area contributed by atoms with Crippen LogP contribution in [-0.4, -0.2) is 43.4 Å². The summed E-state index contributed by atoms with van der Waals surface area (Å²) in [5, 5.41) is 0.230. The second-order valence-electron chi connectivity index (χ2n) is 6.92. The van der Waals surface area contributed by atoms with Crippen molar-refractivity contribution in [2.45, 2.75) is 13.3 Å². The molecule has 0 aromatic heterocycles. The lowest BCUT2D eigenvalue weighted by molar-refractivity contribution is -0.152. The molecular weight excluding hydrogens is 438 g/mol. The molecule has 1 heterocycles. The normalized spacial score (nSPS) is 15.2. The molecule has 1 saturated heterocycles. The van der Waals surface area contributed by atoms with Crippen LogP contribution >= 0.6 is 11.6 Å². The molecule has 10 heteroatoms. The zero-order valence-corrected chi connectivity index (χ0v) is 18.1. The van der Waals surface area contributed by atoms with Crippen LogP contribution in [0.5, 0.6) is 5.75 Å². The van der Waals surface area contributed by atoms with Crippen molar-refractivity contribution in [2.75, 3.05) is 24.7 Å². The summed E-state index contributed by atoms with van der Waals surface area (Å²) in [7, 11) is 0. The van der Waals surface area contributed by atoms with E-state index in [2.05, 4.69) is 10.9 Å². The Morgan fingerprint density at radius 2 is 1.81 bits per heavy atom. The summed E-state index contributed by atoms with van der Waals surface area (Å²) in [5.41, 5.74) is 5.18. The molecule has 0 aliphatic carbocycles. The van der Waals surface area contributed by atoms with Gasteiger partial charge in [-0.25, -0.2) is 0 Å². The van der Waals surface area contributed by atoms with Gasteiger partial charge in [0.2, 0.25) is 5.91 Å². The highest BCUT2D eigenvalue weighted by molar-refractivity contribution is 6.33. The number of esters is 1. The van der Waals surface area contributed by atoms with Gasteiger partial charge in [0, 0.05) is 18.7 Å². The Morgan fingerprint density at radius 1 is 1.09 bits per heavy atom. The van der Waals surface area contributed by atoms with Gasteiger partial charge in [0.15, 0.2) is 6.61 Å². The molecule has 0 spiro atoms. The summed E-state index contributed by atoms with van der Waals surface area (Å²) < 4.78 is 10.4. The van der Waals surface area contributed by atoms with E-state index in [0.29, 0.717) is 18.0 Å². The van der Waals surface area contributed by atoms with E-state index in [1.807, 2.05) is 6.92 Å². The minimum absolute atomic E-state index is 0.0170. The molecule has 1 aliphatic rings. The third kappa shape index (κ3) is 5.76. The van der Waals surface area contributed by atoms with Gasteiger partial charge in [-0.2, -0.15) is 0 Å². The highest BCUT2D eigenvalue weighted by atomic mass is 35.5. The number of benzene rings is 2. The monoisotopic (exact) mass is 459 g/mol. The van der Waals surface area contributed by atoms with Crippen molar-refractivity contribution >= 4 is 41.0 Å². The molecule has 32 heavy (non-hydrogen) atoms. The van der Waals surface area contributed by atoms with Gasteiger partial charge in [-0.15, -0.1) is 0 Å². The van der Waals surface area contributed by atoms with Crippen molar-refractivity contribution < 1.29 is 28.7 Å². The van der Waals surface area contributed by atoms with E-state index in [9.17, 15) is 19.2 Å². The van der Waals surface area contributed by atoms with Gasteiger partial charge in [-0.05, 0) is 43.3 Å². The van der Waals surface area contributed by atoms with E-state index in [1.54, 1.807) is 42.5 Å². The second kappa shape index (κ2) is 10.6. The minimum atomic E-state index is -0.730. The van der Waals surface area contributed by atoms with Crippen LogP contribution in [0.4, 0.5) is 5.69 Å². The first-order valence-electron chi connectivity index (χ1n) is 9.92. The first kappa shape index (κ1) is 23.1. The Morgan fingerprint density at radius 3 is 2.50 bits per heavy atom. The third-order valence-corrected chi connectivity index (χ3v) is 5.03. The molecule has 2 aromatic carbocycles. The lowest BCUT2D eigenvalue weighted by Crippen LogP contribution is -2.44. The number of hydrazine groups is 1. The lowest BCUT2D eigenvalue weighted by Gasteiger charge is -2.17. The fourth-order valence-electron chi connectivity index (χ4n) is 3.13. The van der Waals surface area contributed by atoms with Crippen LogP contribution < -0.4 is 20.5 Å². The van der Waals surface area contributed by atoms with Crippen molar-refractivity contribution in [2.24, 2.45) is 5.92 Å². The number of anilines is 1. The van der Waals surface area contributed by atoms with Crippen LogP contribution in [-0.2, 0) is 19.1 Å². The molecule has 168 valence electrons. The van der Waals surface area contributed by atoms with Gasteiger partial charge in [0.25, 0.3) is 11.8 Å². The standard InChI is InChI=1S/C22H22ClN3O6/c1-2-31-16-9-7-15(8-10-16)26-12-14(11-20(26)28)22(30)32-13-19(27)24-25-21(29)17-5-3-4-6-18(17)23/h3-10,14H,2,11-13H2,1H3,(H,24,27)(H,25,29). The van der Waals surface area contributed by atoms with Crippen LogP contribution in [0.15, 0.2) is 48.5 Å². The third-order valence-electron chi connectivity index (χ3n) is 4.70. The SMILES string of the molecule is CCOc1ccc(N2CC(C(=O)OCC(=O)NNC(=O)c3ccccc3Cl)CC2=O)cc1. The first-order valence-corrected chi connectivity index (χ1v) is 10.3. The van der Waals surface area contributed by atoms with E-state index in [-0.39, 0.29) is 29.5 Å². The summed E-state index contributed by atoms with van der Waals surface area (Å²) in [4.78, 5) is 50.0. The number of rotatable bonds is 7.